The summed E-state index contributed by atoms with van der Waals surface area (Å²) in [5.74, 6) is 0.0450. The molecule has 1 N–H and O–H groups in total. The Labute approximate surface area is 147 Å². The monoisotopic (exact) mass is 337 g/mol. The van der Waals surface area contributed by atoms with Gasteiger partial charge < -0.3 is 5.32 Å². The number of hydrogen-bond donors (Lipinski definition) is 1. The van der Waals surface area contributed by atoms with Crippen LogP contribution in [0, 0.1) is 0 Å². The molecule has 2 aromatic carbocycles. The minimum Gasteiger partial charge on any atom is -0.353 e. The SMILES string of the molecule is CC[C@@H](C(=O)N[C@H](C)Cc1csc2ccccc12)c1ccccc1. The predicted molar refractivity (Wildman–Crippen MR) is 103 cm³/mol. The van der Waals surface area contributed by atoms with Gasteiger partial charge in [0.15, 0.2) is 0 Å². The second-order valence-electron chi connectivity index (χ2n) is 6.24. The average Bonchev–Trinajstić information content (AvgIpc) is 2.99. The highest BCUT2D eigenvalue weighted by atomic mass is 32.1. The molecule has 1 aromatic heterocycles. The van der Waals surface area contributed by atoms with Gasteiger partial charge in [0.2, 0.25) is 5.91 Å². The van der Waals surface area contributed by atoms with E-state index in [1.807, 2.05) is 30.3 Å². The van der Waals surface area contributed by atoms with Crippen LogP contribution in [0.5, 0.6) is 0 Å². The number of nitrogens with one attached hydrogen (secondary N) is 1. The Morgan fingerprint density at radius 1 is 1.08 bits per heavy atom. The van der Waals surface area contributed by atoms with Crippen molar-refractivity contribution in [1.29, 1.82) is 0 Å². The Morgan fingerprint density at radius 2 is 1.79 bits per heavy atom. The molecule has 0 fully saturated rings. The van der Waals surface area contributed by atoms with Crippen LogP contribution in [0.4, 0.5) is 0 Å². The molecule has 0 aliphatic heterocycles. The smallest absolute Gasteiger partial charge is 0.227 e. The van der Waals surface area contributed by atoms with E-state index in [4.69, 9.17) is 0 Å². The van der Waals surface area contributed by atoms with E-state index >= 15 is 0 Å². The van der Waals surface area contributed by atoms with Gasteiger partial charge in [0.05, 0.1) is 5.92 Å². The fraction of sp³-hybridized carbons (Fsp3) is 0.286. The number of rotatable bonds is 6. The van der Waals surface area contributed by atoms with Gasteiger partial charge in [-0.15, -0.1) is 11.3 Å². The fourth-order valence-corrected chi connectivity index (χ4v) is 4.15. The Kier molecular flexibility index (Phi) is 5.31. The maximum Gasteiger partial charge on any atom is 0.227 e. The number of carbonyl (C=O) groups excluding carboxylic acids is 1. The van der Waals surface area contributed by atoms with Crippen LogP contribution in [0.25, 0.3) is 10.1 Å². The molecule has 0 spiro atoms. The minimum absolute atomic E-state index is 0.0760. The summed E-state index contributed by atoms with van der Waals surface area (Å²) >= 11 is 1.77. The molecule has 1 amide bonds. The average molecular weight is 337 g/mol. The van der Waals surface area contributed by atoms with E-state index in [0.29, 0.717) is 0 Å². The van der Waals surface area contributed by atoms with E-state index in [1.165, 1.54) is 15.6 Å². The molecule has 0 unspecified atom stereocenters. The molecule has 0 bridgehead atoms. The van der Waals surface area contributed by atoms with E-state index in [0.717, 1.165) is 18.4 Å². The van der Waals surface area contributed by atoms with Gasteiger partial charge in [0.25, 0.3) is 0 Å². The van der Waals surface area contributed by atoms with Crippen molar-refractivity contribution in [3.63, 3.8) is 0 Å². The van der Waals surface area contributed by atoms with Crippen molar-refractivity contribution in [1.82, 2.24) is 5.32 Å². The molecule has 24 heavy (non-hydrogen) atoms. The van der Waals surface area contributed by atoms with E-state index in [1.54, 1.807) is 11.3 Å². The molecule has 2 atom stereocenters. The molecule has 124 valence electrons. The van der Waals surface area contributed by atoms with Crippen molar-refractivity contribution in [2.45, 2.75) is 38.6 Å². The Morgan fingerprint density at radius 3 is 2.54 bits per heavy atom. The van der Waals surface area contributed by atoms with Crippen LogP contribution in [0.1, 0.15) is 37.3 Å². The molecular weight excluding hydrogens is 314 g/mol. The molecule has 0 saturated heterocycles. The minimum atomic E-state index is -0.0760. The van der Waals surface area contributed by atoms with Crippen molar-refractivity contribution >= 4 is 27.3 Å². The molecule has 2 nitrogen and oxygen atoms in total. The lowest BCUT2D eigenvalue weighted by Gasteiger charge is -2.19. The lowest BCUT2D eigenvalue weighted by atomic mass is 9.95. The number of thiophene rings is 1. The molecule has 0 saturated carbocycles. The van der Waals surface area contributed by atoms with Gasteiger partial charge in [-0.05, 0) is 47.7 Å². The van der Waals surface area contributed by atoms with E-state index in [-0.39, 0.29) is 17.9 Å². The third kappa shape index (κ3) is 3.68. The first-order valence-corrected chi connectivity index (χ1v) is 9.37. The first-order chi connectivity index (χ1) is 11.7. The second kappa shape index (κ2) is 7.63. The second-order valence-corrected chi connectivity index (χ2v) is 7.15. The predicted octanol–water partition coefficient (Wildman–Crippen LogP) is 5.14. The molecule has 0 aliphatic carbocycles. The van der Waals surface area contributed by atoms with Crippen LogP contribution in [0.15, 0.2) is 60.0 Å². The fourth-order valence-electron chi connectivity index (χ4n) is 3.17. The summed E-state index contributed by atoms with van der Waals surface area (Å²) in [5, 5.41) is 6.71. The van der Waals surface area contributed by atoms with Crippen molar-refractivity contribution in [3.8, 4) is 0 Å². The zero-order valence-electron chi connectivity index (χ0n) is 14.2. The number of hydrogen-bond acceptors (Lipinski definition) is 2. The van der Waals surface area contributed by atoms with Gasteiger partial charge >= 0.3 is 0 Å². The standard InChI is InChI=1S/C21H23NOS/c1-3-18(16-9-5-4-6-10-16)21(23)22-15(2)13-17-14-24-20-12-8-7-11-19(17)20/h4-12,14-15,18H,3,13H2,1-2H3,(H,22,23)/t15-,18-/m1/s1. The van der Waals surface area contributed by atoms with E-state index in [9.17, 15) is 4.79 Å². The molecule has 0 radical (unpaired) electrons. The number of benzene rings is 2. The molecule has 3 aromatic rings. The normalized spacial score (nSPS) is 13.6. The largest absolute Gasteiger partial charge is 0.353 e. The topological polar surface area (TPSA) is 29.1 Å². The van der Waals surface area contributed by atoms with Gasteiger partial charge in [-0.1, -0.05) is 55.5 Å². The lowest BCUT2D eigenvalue weighted by Crippen LogP contribution is -2.37. The summed E-state index contributed by atoms with van der Waals surface area (Å²) in [7, 11) is 0. The zero-order valence-corrected chi connectivity index (χ0v) is 15.0. The van der Waals surface area contributed by atoms with Crippen LogP contribution in [0.3, 0.4) is 0 Å². The molecular formula is C21H23NOS. The molecule has 0 aliphatic rings. The third-order valence-corrected chi connectivity index (χ3v) is 5.41. The van der Waals surface area contributed by atoms with Crippen molar-refractivity contribution < 1.29 is 4.79 Å². The number of fused-ring (bicyclic) bond motifs is 1. The van der Waals surface area contributed by atoms with Crippen molar-refractivity contribution in [3.05, 3.63) is 71.1 Å². The van der Waals surface area contributed by atoms with E-state index in [2.05, 4.69) is 48.8 Å². The zero-order chi connectivity index (χ0) is 16.9. The number of carbonyl (C=O) groups is 1. The highest BCUT2D eigenvalue weighted by Gasteiger charge is 2.20. The van der Waals surface area contributed by atoms with Crippen LogP contribution in [-0.2, 0) is 11.2 Å². The Hall–Kier alpha value is -2.13. The number of amides is 1. The van der Waals surface area contributed by atoms with Gasteiger partial charge in [-0.2, -0.15) is 0 Å². The maximum atomic E-state index is 12.7. The van der Waals surface area contributed by atoms with Crippen LogP contribution < -0.4 is 5.32 Å². The van der Waals surface area contributed by atoms with Gasteiger partial charge in [0.1, 0.15) is 0 Å². The summed E-state index contributed by atoms with van der Waals surface area (Å²) in [6.07, 6.45) is 1.67. The van der Waals surface area contributed by atoms with Crippen LogP contribution >= 0.6 is 11.3 Å². The van der Waals surface area contributed by atoms with E-state index < -0.39 is 0 Å². The van der Waals surface area contributed by atoms with Gasteiger partial charge in [-0.3, -0.25) is 4.79 Å². The summed E-state index contributed by atoms with van der Waals surface area (Å²) in [4.78, 5) is 12.7. The third-order valence-electron chi connectivity index (χ3n) is 4.40. The molecule has 3 heteroatoms. The Bertz CT molecular complexity index is 809. The van der Waals surface area contributed by atoms with Crippen molar-refractivity contribution in [2.24, 2.45) is 0 Å². The summed E-state index contributed by atoms with van der Waals surface area (Å²) in [6, 6.07) is 18.6. The van der Waals surface area contributed by atoms with Crippen LogP contribution in [0.2, 0.25) is 0 Å². The highest BCUT2D eigenvalue weighted by Crippen LogP contribution is 2.27. The van der Waals surface area contributed by atoms with Crippen LogP contribution in [-0.4, -0.2) is 11.9 Å². The van der Waals surface area contributed by atoms with Gasteiger partial charge in [-0.25, -0.2) is 0 Å². The van der Waals surface area contributed by atoms with Crippen molar-refractivity contribution in [2.75, 3.05) is 0 Å². The van der Waals surface area contributed by atoms with Gasteiger partial charge in [0, 0.05) is 10.7 Å². The first-order valence-electron chi connectivity index (χ1n) is 8.49. The first kappa shape index (κ1) is 16.7. The molecule has 1 heterocycles. The molecule has 3 rings (SSSR count). The maximum absolute atomic E-state index is 12.7. The Balaban J connectivity index is 1.67. The summed E-state index contributed by atoms with van der Waals surface area (Å²) < 4.78 is 1.31. The lowest BCUT2D eigenvalue weighted by molar-refractivity contribution is -0.123. The quantitative estimate of drug-likeness (QED) is 0.663. The summed E-state index contributed by atoms with van der Waals surface area (Å²) in [6.45, 7) is 4.15. The highest BCUT2D eigenvalue weighted by molar-refractivity contribution is 7.17. The summed E-state index contributed by atoms with van der Waals surface area (Å²) in [5.41, 5.74) is 2.40.